The molecule has 2 aromatic rings. The molecule has 0 atom stereocenters. The average Bonchev–Trinajstić information content (AvgIpc) is 2.86. The van der Waals surface area contributed by atoms with Crippen LogP contribution in [-0.4, -0.2) is 53.5 Å². The molecule has 4 rings (SSSR count). The number of hydrogen-bond acceptors (Lipinski definition) is 3. The summed E-state index contributed by atoms with van der Waals surface area (Å²) in [4.78, 5) is 29.6. The Labute approximate surface area is 198 Å². The smallest absolute Gasteiger partial charge is 0.232 e. The quantitative estimate of drug-likeness (QED) is 0.592. The summed E-state index contributed by atoms with van der Waals surface area (Å²) < 4.78 is 26.9. The maximum atomic E-state index is 13.4. The molecular weight excluding hydrogens is 442 g/mol. The summed E-state index contributed by atoms with van der Waals surface area (Å²) in [5.41, 5.74) is 1.73. The fourth-order valence-corrected chi connectivity index (χ4v) is 5.85. The van der Waals surface area contributed by atoms with Crippen LogP contribution in [0.25, 0.3) is 0 Å². The Kier molecular flexibility index (Phi) is 8.02. The van der Waals surface area contributed by atoms with E-state index in [1.54, 1.807) is 24.3 Å². The molecule has 0 N–H and O–H groups in total. The molecule has 0 saturated carbocycles. The lowest BCUT2D eigenvalue weighted by Gasteiger charge is -2.35. The van der Waals surface area contributed by atoms with Crippen molar-refractivity contribution in [2.45, 2.75) is 37.4 Å². The van der Waals surface area contributed by atoms with Crippen LogP contribution in [0.5, 0.6) is 0 Å². The van der Waals surface area contributed by atoms with Crippen molar-refractivity contribution in [2.24, 2.45) is 5.92 Å². The van der Waals surface area contributed by atoms with Gasteiger partial charge in [0.2, 0.25) is 11.8 Å². The zero-order valence-electron chi connectivity index (χ0n) is 18.7. The molecule has 0 aliphatic carbocycles. The third kappa shape index (κ3) is 6.14. The number of hydrogen-bond donors (Lipinski definition) is 0. The molecule has 176 valence electrons. The third-order valence-electron chi connectivity index (χ3n) is 6.58. The second-order valence-corrected chi connectivity index (χ2v) is 9.93. The van der Waals surface area contributed by atoms with Gasteiger partial charge in [-0.05, 0) is 67.5 Å². The highest BCUT2D eigenvalue weighted by molar-refractivity contribution is 8.00. The standard InChI is InChI=1S/C26H30F2N2O2S/c27-22-8-4-19(5-9-22)25(20-6-10-23(28)11-7-20)33-18-24(31)29-16-12-21(13-17-29)26(32)30-14-2-1-3-15-30/h4-11,21,25H,1-3,12-18H2. The zero-order valence-corrected chi connectivity index (χ0v) is 19.5. The number of amides is 2. The summed E-state index contributed by atoms with van der Waals surface area (Å²) in [6.45, 7) is 2.92. The van der Waals surface area contributed by atoms with Crippen LogP contribution in [0, 0.1) is 17.6 Å². The van der Waals surface area contributed by atoms with Crippen molar-refractivity contribution in [2.75, 3.05) is 31.9 Å². The number of likely N-dealkylation sites (tertiary alicyclic amines) is 2. The van der Waals surface area contributed by atoms with Crippen LogP contribution < -0.4 is 0 Å². The molecule has 7 heteroatoms. The molecule has 0 unspecified atom stereocenters. The van der Waals surface area contributed by atoms with Crippen LogP contribution in [0.1, 0.15) is 48.5 Å². The normalized spacial score (nSPS) is 17.4. The van der Waals surface area contributed by atoms with Crippen LogP contribution in [0.4, 0.5) is 8.78 Å². The van der Waals surface area contributed by atoms with Crippen LogP contribution >= 0.6 is 11.8 Å². The minimum atomic E-state index is -0.320. The molecule has 2 amide bonds. The summed E-state index contributed by atoms with van der Waals surface area (Å²) in [7, 11) is 0. The molecule has 2 fully saturated rings. The molecule has 0 bridgehead atoms. The number of thioether (sulfide) groups is 1. The summed E-state index contributed by atoms with van der Waals surface area (Å²) in [5.74, 6) is -0.0586. The van der Waals surface area contributed by atoms with Crippen molar-refractivity contribution in [3.63, 3.8) is 0 Å². The zero-order chi connectivity index (χ0) is 23.2. The second kappa shape index (κ2) is 11.1. The number of halogens is 2. The minimum Gasteiger partial charge on any atom is -0.342 e. The summed E-state index contributed by atoms with van der Waals surface area (Å²) in [6.07, 6.45) is 4.80. The van der Waals surface area contributed by atoms with E-state index in [9.17, 15) is 18.4 Å². The van der Waals surface area contributed by atoms with E-state index in [0.717, 1.165) is 37.1 Å². The maximum absolute atomic E-state index is 13.4. The molecule has 2 aromatic carbocycles. The van der Waals surface area contributed by atoms with Crippen molar-refractivity contribution < 1.29 is 18.4 Å². The first kappa shape index (κ1) is 23.7. The number of nitrogens with zero attached hydrogens (tertiary/aromatic N) is 2. The van der Waals surface area contributed by atoms with Crippen LogP contribution in [-0.2, 0) is 9.59 Å². The lowest BCUT2D eigenvalue weighted by molar-refractivity contribution is -0.140. The largest absolute Gasteiger partial charge is 0.342 e. The summed E-state index contributed by atoms with van der Waals surface area (Å²) >= 11 is 1.46. The maximum Gasteiger partial charge on any atom is 0.232 e. The third-order valence-corrected chi connectivity index (χ3v) is 7.87. The van der Waals surface area contributed by atoms with Crippen LogP contribution in [0.15, 0.2) is 48.5 Å². The fourth-order valence-electron chi connectivity index (χ4n) is 4.65. The van der Waals surface area contributed by atoms with E-state index in [1.165, 1.54) is 42.4 Å². The predicted molar refractivity (Wildman–Crippen MR) is 127 cm³/mol. The van der Waals surface area contributed by atoms with Gasteiger partial charge in [-0.25, -0.2) is 8.78 Å². The molecule has 2 aliphatic heterocycles. The van der Waals surface area contributed by atoms with Gasteiger partial charge < -0.3 is 9.80 Å². The highest BCUT2D eigenvalue weighted by atomic mass is 32.2. The number of rotatable bonds is 6. The summed E-state index contributed by atoms with van der Waals surface area (Å²) in [6, 6.07) is 12.4. The Bertz CT molecular complexity index is 892. The van der Waals surface area contributed by atoms with Gasteiger partial charge in [-0.3, -0.25) is 9.59 Å². The van der Waals surface area contributed by atoms with Crippen LogP contribution in [0.2, 0.25) is 0 Å². The lowest BCUT2D eigenvalue weighted by Crippen LogP contribution is -2.46. The molecular formula is C26H30F2N2O2S. The van der Waals surface area contributed by atoms with Gasteiger partial charge in [0.15, 0.2) is 0 Å². The van der Waals surface area contributed by atoms with Crippen molar-refractivity contribution in [1.29, 1.82) is 0 Å². The van der Waals surface area contributed by atoms with E-state index in [-0.39, 0.29) is 40.4 Å². The van der Waals surface area contributed by atoms with Gasteiger partial charge in [0.25, 0.3) is 0 Å². The van der Waals surface area contributed by atoms with Crippen molar-refractivity contribution in [3.05, 3.63) is 71.3 Å². The first-order chi connectivity index (χ1) is 16.0. The average molecular weight is 473 g/mol. The van der Waals surface area contributed by atoms with Gasteiger partial charge in [0.05, 0.1) is 11.0 Å². The number of carbonyl (C=O) groups is 2. The van der Waals surface area contributed by atoms with Gasteiger partial charge in [-0.2, -0.15) is 0 Å². The monoisotopic (exact) mass is 472 g/mol. The Morgan fingerprint density at radius 3 is 1.82 bits per heavy atom. The summed E-state index contributed by atoms with van der Waals surface area (Å²) in [5, 5.41) is -0.201. The van der Waals surface area contributed by atoms with Crippen LogP contribution in [0.3, 0.4) is 0 Å². The van der Waals surface area contributed by atoms with Gasteiger partial charge in [-0.15, -0.1) is 11.8 Å². The SMILES string of the molecule is O=C(CSC(c1ccc(F)cc1)c1ccc(F)cc1)N1CCC(C(=O)N2CCCCC2)CC1. The molecule has 0 spiro atoms. The van der Waals surface area contributed by atoms with E-state index in [1.807, 2.05) is 9.80 Å². The molecule has 2 aliphatic rings. The van der Waals surface area contributed by atoms with Gasteiger partial charge in [-0.1, -0.05) is 24.3 Å². The number of benzene rings is 2. The van der Waals surface area contributed by atoms with E-state index in [0.29, 0.717) is 25.9 Å². The molecule has 33 heavy (non-hydrogen) atoms. The van der Waals surface area contributed by atoms with E-state index < -0.39 is 0 Å². The molecule has 4 nitrogen and oxygen atoms in total. The Morgan fingerprint density at radius 2 is 1.30 bits per heavy atom. The number of carbonyl (C=O) groups excluding carboxylic acids is 2. The topological polar surface area (TPSA) is 40.6 Å². The molecule has 0 radical (unpaired) electrons. The van der Waals surface area contributed by atoms with Crippen molar-refractivity contribution >= 4 is 23.6 Å². The van der Waals surface area contributed by atoms with E-state index in [2.05, 4.69) is 0 Å². The lowest BCUT2D eigenvalue weighted by atomic mass is 9.94. The van der Waals surface area contributed by atoms with E-state index in [4.69, 9.17) is 0 Å². The molecule has 0 aromatic heterocycles. The van der Waals surface area contributed by atoms with E-state index >= 15 is 0 Å². The van der Waals surface area contributed by atoms with Crippen molar-refractivity contribution in [1.82, 2.24) is 9.80 Å². The number of piperidine rings is 2. The first-order valence-corrected chi connectivity index (χ1v) is 12.8. The fraction of sp³-hybridized carbons (Fsp3) is 0.462. The predicted octanol–water partition coefficient (Wildman–Crippen LogP) is 5.04. The van der Waals surface area contributed by atoms with Crippen molar-refractivity contribution in [3.8, 4) is 0 Å². The molecule has 2 saturated heterocycles. The Balaban J connectivity index is 1.34. The van der Waals surface area contributed by atoms with Gasteiger partial charge >= 0.3 is 0 Å². The highest BCUT2D eigenvalue weighted by Gasteiger charge is 2.31. The second-order valence-electron chi connectivity index (χ2n) is 8.84. The first-order valence-electron chi connectivity index (χ1n) is 11.7. The highest BCUT2D eigenvalue weighted by Crippen LogP contribution is 2.36. The Hall–Kier alpha value is -2.41. The molecule has 2 heterocycles. The van der Waals surface area contributed by atoms with Gasteiger partial charge in [0, 0.05) is 32.1 Å². The minimum absolute atomic E-state index is 0.0194. The Morgan fingerprint density at radius 1 is 0.788 bits per heavy atom. The van der Waals surface area contributed by atoms with Gasteiger partial charge in [0.1, 0.15) is 11.6 Å².